The molecule has 0 spiro atoms. The van der Waals surface area contributed by atoms with Gasteiger partial charge in [0.25, 0.3) is 0 Å². The lowest BCUT2D eigenvalue weighted by Gasteiger charge is -2.02. The molecule has 0 bridgehead atoms. The minimum atomic E-state index is 0.926. The molecule has 1 aromatic rings. The molecule has 1 rings (SSSR count). The first-order valence-corrected chi connectivity index (χ1v) is 5.76. The summed E-state index contributed by atoms with van der Waals surface area (Å²) in [5.41, 5.74) is 3.80. The number of hydrogen-bond donors (Lipinski definition) is 0. The molecule has 86 valence electrons. The van der Waals surface area contributed by atoms with Gasteiger partial charge in [-0.1, -0.05) is 75.1 Å². The van der Waals surface area contributed by atoms with Gasteiger partial charge in [-0.25, -0.2) is 0 Å². The van der Waals surface area contributed by atoms with Crippen LogP contribution in [0.3, 0.4) is 0 Å². The summed E-state index contributed by atoms with van der Waals surface area (Å²) >= 11 is 0. The Morgan fingerprint density at radius 3 is 2.12 bits per heavy atom. The van der Waals surface area contributed by atoms with E-state index in [4.69, 9.17) is 0 Å². The van der Waals surface area contributed by atoms with Gasteiger partial charge in [0.2, 0.25) is 0 Å². The second-order valence-corrected chi connectivity index (χ2v) is 3.34. The molecule has 0 aliphatic carbocycles. The van der Waals surface area contributed by atoms with Gasteiger partial charge in [-0.15, -0.1) is 0 Å². The van der Waals surface area contributed by atoms with E-state index in [9.17, 15) is 0 Å². The van der Waals surface area contributed by atoms with Crippen LogP contribution in [0.25, 0.3) is 0 Å². The van der Waals surface area contributed by atoms with Gasteiger partial charge in [-0.2, -0.15) is 0 Å². The van der Waals surface area contributed by atoms with E-state index in [2.05, 4.69) is 44.3 Å². The van der Waals surface area contributed by atoms with E-state index in [1.807, 2.05) is 26.0 Å². The average Bonchev–Trinajstić information content (AvgIpc) is 2.34. The maximum absolute atomic E-state index is 3.78. The Hall–Kier alpha value is -1.56. The van der Waals surface area contributed by atoms with Gasteiger partial charge >= 0.3 is 0 Å². The molecule has 0 unspecified atom stereocenters. The smallest absolute Gasteiger partial charge is 0.00260 e. The summed E-state index contributed by atoms with van der Waals surface area (Å²) in [6.45, 7) is 13.6. The molecular formula is C16H22. The van der Waals surface area contributed by atoms with Crippen LogP contribution in [0.5, 0.6) is 0 Å². The Kier molecular flexibility index (Phi) is 7.87. The molecule has 0 N–H and O–H groups in total. The molecule has 0 aliphatic rings. The summed E-state index contributed by atoms with van der Waals surface area (Å²) in [6.07, 6.45) is 6.59. The van der Waals surface area contributed by atoms with Gasteiger partial charge in [0, 0.05) is 0 Å². The van der Waals surface area contributed by atoms with Crippen LogP contribution in [0.15, 0.2) is 61.2 Å². The van der Waals surface area contributed by atoms with E-state index >= 15 is 0 Å². The number of rotatable bonds is 4. The van der Waals surface area contributed by atoms with Crippen molar-refractivity contribution in [3.63, 3.8) is 0 Å². The van der Waals surface area contributed by atoms with Crippen molar-refractivity contribution in [2.75, 3.05) is 0 Å². The fourth-order valence-electron chi connectivity index (χ4n) is 1.29. The summed E-state index contributed by atoms with van der Waals surface area (Å²) in [7, 11) is 0. The standard InChI is InChI=1S/C14H16.C2H6/c1-4-6-13(5-2)11-14-9-7-12(3)8-10-14;1-2/h4-10H,1-2,11H2,3H3;1-2H3/b13-6+;. The zero-order chi connectivity index (χ0) is 12.4. The molecule has 0 saturated heterocycles. The zero-order valence-corrected chi connectivity index (χ0v) is 10.7. The Morgan fingerprint density at radius 1 is 1.12 bits per heavy atom. The fraction of sp³-hybridized carbons (Fsp3) is 0.250. The van der Waals surface area contributed by atoms with Crippen molar-refractivity contribution in [3.05, 3.63) is 72.4 Å². The van der Waals surface area contributed by atoms with Gasteiger partial charge < -0.3 is 0 Å². The molecule has 0 nitrogen and oxygen atoms in total. The monoisotopic (exact) mass is 214 g/mol. The minimum absolute atomic E-state index is 0.926. The Morgan fingerprint density at radius 2 is 1.69 bits per heavy atom. The van der Waals surface area contributed by atoms with E-state index in [1.54, 1.807) is 6.08 Å². The van der Waals surface area contributed by atoms with Crippen molar-refractivity contribution >= 4 is 0 Å². The number of benzene rings is 1. The number of hydrogen-bond acceptors (Lipinski definition) is 0. The van der Waals surface area contributed by atoms with Crippen molar-refractivity contribution in [2.24, 2.45) is 0 Å². The molecule has 0 heteroatoms. The third-order valence-electron chi connectivity index (χ3n) is 2.12. The van der Waals surface area contributed by atoms with Crippen LogP contribution in [0, 0.1) is 6.92 Å². The van der Waals surface area contributed by atoms with Crippen LogP contribution in [0.2, 0.25) is 0 Å². The highest BCUT2D eigenvalue weighted by Gasteiger charge is 1.94. The molecule has 0 aromatic heterocycles. The van der Waals surface area contributed by atoms with Crippen molar-refractivity contribution in [3.8, 4) is 0 Å². The van der Waals surface area contributed by atoms with Crippen molar-refractivity contribution in [1.29, 1.82) is 0 Å². The number of allylic oxidation sites excluding steroid dienone is 4. The van der Waals surface area contributed by atoms with E-state index in [-0.39, 0.29) is 0 Å². The first kappa shape index (κ1) is 14.4. The molecule has 0 saturated carbocycles. The molecule has 0 atom stereocenters. The van der Waals surface area contributed by atoms with Gasteiger partial charge in [0.1, 0.15) is 0 Å². The fourth-order valence-corrected chi connectivity index (χ4v) is 1.29. The summed E-state index contributed by atoms with van der Waals surface area (Å²) in [4.78, 5) is 0. The summed E-state index contributed by atoms with van der Waals surface area (Å²) < 4.78 is 0. The Bertz CT molecular complexity index is 339. The summed E-state index contributed by atoms with van der Waals surface area (Å²) in [5, 5.41) is 0. The third kappa shape index (κ3) is 5.35. The molecule has 0 radical (unpaired) electrons. The molecular weight excluding hydrogens is 192 g/mol. The molecule has 1 aromatic carbocycles. The van der Waals surface area contributed by atoms with Gasteiger partial charge in [0.05, 0.1) is 0 Å². The van der Waals surface area contributed by atoms with Crippen LogP contribution in [0.4, 0.5) is 0 Å². The van der Waals surface area contributed by atoms with Crippen molar-refractivity contribution < 1.29 is 0 Å². The molecule has 0 amide bonds. The van der Waals surface area contributed by atoms with Crippen LogP contribution < -0.4 is 0 Å². The molecule has 0 aliphatic heterocycles. The van der Waals surface area contributed by atoms with Gasteiger partial charge in [-0.05, 0) is 24.5 Å². The van der Waals surface area contributed by atoms with Gasteiger partial charge in [0.15, 0.2) is 0 Å². The normalized spacial score (nSPS) is 10.1. The van der Waals surface area contributed by atoms with E-state index in [1.165, 1.54) is 16.7 Å². The maximum atomic E-state index is 3.78. The zero-order valence-electron chi connectivity index (χ0n) is 10.7. The number of aryl methyl sites for hydroxylation is 1. The Balaban J connectivity index is 0.00000106. The first-order valence-electron chi connectivity index (χ1n) is 5.76. The molecule has 16 heavy (non-hydrogen) atoms. The van der Waals surface area contributed by atoms with Crippen LogP contribution >= 0.6 is 0 Å². The SMILES string of the molecule is C=C/C=C(\C=C)Cc1ccc(C)cc1.CC. The summed E-state index contributed by atoms with van der Waals surface area (Å²) in [6, 6.07) is 8.55. The van der Waals surface area contributed by atoms with E-state index < -0.39 is 0 Å². The lowest BCUT2D eigenvalue weighted by Crippen LogP contribution is -1.87. The predicted octanol–water partition coefficient (Wildman–Crippen LogP) is 4.86. The minimum Gasteiger partial charge on any atom is -0.0991 e. The quantitative estimate of drug-likeness (QED) is 0.628. The highest BCUT2D eigenvalue weighted by molar-refractivity contribution is 5.31. The first-order chi connectivity index (χ1) is 7.76. The lowest BCUT2D eigenvalue weighted by molar-refractivity contribution is 1.19. The van der Waals surface area contributed by atoms with E-state index in [0.29, 0.717) is 0 Å². The maximum Gasteiger partial charge on any atom is -0.00260 e. The highest BCUT2D eigenvalue weighted by Crippen LogP contribution is 2.10. The van der Waals surface area contributed by atoms with Crippen LogP contribution in [-0.4, -0.2) is 0 Å². The third-order valence-corrected chi connectivity index (χ3v) is 2.12. The Labute approximate surface area is 100 Å². The second-order valence-electron chi connectivity index (χ2n) is 3.34. The van der Waals surface area contributed by atoms with Gasteiger partial charge in [-0.3, -0.25) is 0 Å². The second kappa shape index (κ2) is 8.72. The largest absolute Gasteiger partial charge is 0.0991 e. The van der Waals surface area contributed by atoms with E-state index in [0.717, 1.165) is 6.42 Å². The van der Waals surface area contributed by atoms with Crippen LogP contribution in [0.1, 0.15) is 25.0 Å². The topological polar surface area (TPSA) is 0 Å². The molecule has 0 fully saturated rings. The van der Waals surface area contributed by atoms with Crippen molar-refractivity contribution in [1.82, 2.24) is 0 Å². The van der Waals surface area contributed by atoms with Crippen LogP contribution in [-0.2, 0) is 6.42 Å². The molecule has 0 heterocycles. The van der Waals surface area contributed by atoms with Crippen molar-refractivity contribution in [2.45, 2.75) is 27.2 Å². The average molecular weight is 214 g/mol. The summed E-state index contributed by atoms with van der Waals surface area (Å²) in [5.74, 6) is 0. The lowest BCUT2D eigenvalue weighted by atomic mass is 10.0. The predicted molar refractivity (Wildman–Crippen MR) is 74.7 cm³/mol. The highest BCUT2D eigenvalue weighted by atomic mass is 14.0.